The molecule has 0 spiro atoms. The van der Waals surface area contributed by atoms with Crippen molar-refractivity contribution in [1.29, 1.82) is 0 Å². The summed E-state index contributed by atoms with van der Waals surface area (Å²) in [5.74, 6) is 0. The Bertz CT molecular complexity index is 559. The molecule has 0 aliphatic carbocycles. The normalized spacial score (nSPS) is 12.6. The van der Waals surface area contributed by atoms with Gasteiger partial charge in [0.25, 0.3) is 0 Å². The van der Waals surface area contributed by atoms with Gasteiger partial charge in [-0.2, -0.15) is 0 Å². The van der Waals surface area contributed by atoms with Crippen molar-refractivity contribution in [2.75, 3.05) is 26.0 Å². The van der Waals surface area contributed by atoms with E-state index in [2.05, 4.69) is 4.72 Å². The van der Waals surface area contributed by atoms with Gasteiger partial charge >= 0.3 is 0 Å². The first kappa shape index (κ1) is 17.2. The zero-order valence-corrected chi connectivity index (χ0v) is 13.5. The summed E-state index contributed by atoms with van der Waals surface area (Å²) in [6.45, 7) is 4.86. The third-order valence-electron chi connectivity index (χ3n) is 3.00. The quantitative estimate of drug-likeness (QED) is 0.755. The van der Waals surface area contributed by atoms with Crippen LogP contribution in [0.25, 0.3) is 0 Å². The molecule has 7 heteroatoms. The van der Waals surface area contributed by atoms with Crippen molar-refractivity contribution in [1.82, 2.24) is 4.72 Å². The lowest BCUT2D eigenvalue weighted by atomic mass is 9.90. The number of rotatable bonds is 7. The van der Waals surface area contributed by atoms with Gasteiger partial charge in [0.2, 0.25) is 10.0 Å². The maximum atomic E-state index is 12.2. The van der Waals surface area contributed by atoms with E-state index in [4.69, 9.17) is 22.1 Å². The van der Waals surface area contributed by atoms with Crippen LogP contribution < -0.4 is 10.5 Å². The van der Waals surface area contributed by atoms with Crippen molar-refractivity contribution >= 4 is 27.3 Å². The molecule has 0 radical (unpaired) electrons. The first-order valence-electron chi connectivity index (χ1n) is 6.21. The van der Waals surface area contributed by atoms with Crippen LogP contribution in [0, 0.1) is 5.41 Å². The van der Waals surface area contributed by atoms with Gasteiger partial charge in [-0.05, 0) is 30.0 Å². The molecule has 1 aromatic rings. The summed E-state index contributed by atoms with van der Waals surface area (Å²) in [6, 6.07) is 4.26. The lowest BCUT2D eigenvalue weighted by Crippen LogP contribution is -2.34. The molecule has 0 fully saturated rings. The second-order valence-corrected chi connectivity index (χ2v) is 7.59. The Morgan fingerprint density at radius 2 is 2.05 bits per heavy atom. The standard InChI is InChI=1S/C13H21ClN2O3S/c1-13(2,6-7-19-3)9-16-20(17,18)10-4-5-11(14)12(15)8-10/h4-5,8,16H,6-7,9,15H2,1-3H3. The molecule has 20 heavy (non-hydrogen) atoms. The second kappa shape index (κ2) is 6.76. The van der Waals surface area contributed by atoms with E-state index < -0.39 is 10.0 Å². The first-order valence-corrected chi connectivity index (χ1v) is 8.08. The zero-order valence-electron chi connectivity index (χ0n) is 11.9. The minimum atomic E-state index is -3.59. The van der Waals surface area contributed by atoms with E-state index in [1.54, 1.807) is 7.11 Å². The Labute approximate surface area is 125 Å². The fourth-order valence-corrected chi connectivity index (χ4v) is 2.92. The molecule has 3 N–H and O–H groups in total. The summed E-state index contributed by atoms with van der Waals surface area (Å²) < 4.78 is 32.0. The third-order valence-corrected chi connectivity index (χ3v) is 4.74. The van der Waals surface area contributed by atoms with E-state index in [-0.39, 0.29) is 16.0 Å². The predicted molar refractivity (Wildman–Crippen MR) is 81.3 cm³/mol. The molecule has 0 saturated carbocycles. The van der Waals surface area contributed by atoms with Gasteiger partial charge in [0, 0.05) is 20.3 Å². The topological polar surface area (TPSA) is 81.4 Å². The molecule has 114 valence electrons. The number of ether oxygens (including phenoxy) is 1. The highest BCUT2D eigenvalue weighted by Crippen LogP contribution is 2.23. The van der Waals surface area contributed by atoms with Gasteiger partial charge in [-0.1, -0.05) is 25.4 Å². The number of benzene rings is 1. The number of methoxy groups -OCH3 is 1. The largest absolute Gasteiger partial charge is 0.397 e. The van der Waals surface area contributed by atoms with E-state index in [9.17, 15) is 8.42 Å². The molecule has 0 amide bonds. The molecular weight excluding hydrogens is 300 g/mol. The number of halogens is 1. The molecular formula is C13H21ClN2O3S. The maximum Gasteiger partial charge on any atom is 0.240 e. The van der Waals surface area contributed by atoms with Gasteiger partial charge in [-0.25, -0.2) is 13.1 Å². The molecule has 0 heterocycles. The summed E-state index contributed by atoms with van der Waals surface area (Å²) in [4.78, 5) is 0.113. The summed E-state index contributed by atoms with van der Waals surface area (Å²) in [5.41, 5.74) is 5.67. The minimum absolute atomic E-state index is 0.113. The van der Waals surface area contributed by atoms with Crippen molar-refractivity contribution in [3.63, 3.8) is 0 Å². The van der Waals surface area contributed by atoms with E-state index in [0.717, 1.165) is 6.42 Å². The molecule has 0 unspecified atom stereocenters. The third kappa shape index (κ3) is 4.94. The van der Waals surface area contributed by atoms with E-state index in [1.807, 2.05) is 13.8 Å². The Morgan fingerprint density at radius 1 is 1.40 bits per heavy atom. The zero-order chi connectivity index (χ0) is 15.4. The van der Waals surface area contributed by atoms with Crippen molar-refractivity contribution in [2.45, 2.75) is 25.2 Å². The average Bonchev–Trinajstić information content (AvgIpc) is 2.37. The number of nitrogens with two attached hydrogens (primary N) is 1. The van der Waals surface area contributed by atoms with Gasteiger partial charge in [0.1, 0.15) is 0 Å². The lowest BCUT2D eigenvalue weighted by molar-refractivity contribution is 0.153. The van der Waals surface area contributed by atoms with Gasteiger partial charge in [-0.3, -0.25) is 0 Å². The number of anilines is 1. The highest BCUT2D eigenvalue weighted by molar-refractivity contribution is 7.89. The fraction of sp³-hybridized carbons (Fsp3) is 0.538. The maximum absolute atomic E-state index is 12.2. The highest BCUT2D eigenvalue weighted by Gasteiger charge is 2.22. The average molecular weight is 321 g/mol. The van der Waals surface area contributed by atoms with E-state index >= 15 is 0 Å². The SMILES string of the molecule is COCCC(C)(C)CNS(=O)(=O)c1ccc(Cl)c(N)c1. The molecule has 1 rings (SSSR count). The summed E-state index contributed by atoms with van der Waals surface area (Å²) in [5, 5.41) is 0.337. The van der Waals surface area contributed by atoms with Gasteiger partial charge in [0.15, 0.2) is 0 Å². The van der Waals surface area contributed by atoms with Gasteiger partial charge < -0.3 is 10.5 Å². The van der Waals surface area contributed by atoms with Crippen LogP contribution in [0.5, 0.6) is 0 Å². The van der Waals surface area contributed by atoms with Crippen LogP contribution in [-0.4, -0.2) is 28.7 Å². The number of nitrogens with one attached hydrogen (secondary N) is 1. The molecule has 0 atom stereocenters. The summed E-state index contributed by atoms with van der Waals surface area (Å²) in [7, 11) is -1.97. The number of hydrogen-bond acceptors (Lipinski definition) is 4. The highest BCUT2D eigenvalue weighted by atomic mass is 35.5. The van der Waals surface area contributed by atoms with Gasteiger partial charge in [0.05, 0.1) is 15.6 Å². The van der Waals surface area contributed by atoms with Crippen LogP contribution in [0.4, 0.5) is 5.69 Å². The van der Waals surface area contributed by atoms with Crippen LogP contribution in [-0.2, 0) is 14.8 Å². The first-order chi connectivity index (χ1) is 9.18. The molecule has 0 saturated heterocycles. The van der Waals surface area contributed by atoms with Crippen LogP contribution in [0.1, 0.15) is 20.3 Å². The Hall–Kier alpha value is -0.820. The number of sulfonamides is 1. The van der Waals surface area contributed by atoms with Crippen LogP contribution in [0.2, 0.25) is 5.02 Å². The molecule has 5 nitrogen and oxygen atoms in total. The molecule has 0 aromatic heterocycles. The fourth-order valence-electron chi connectivity index (χ4n) is 1.53. The van der Waals surface area contributed by atoms with E-state index in [1.165, 1.54) is 18.2 Å². The number of hydrogen-bond donors (Lipinski definition) is 2. The van der Waals surface area contributed by atoms with Crippen molar-refractivity contribution in [2.24, 2.45) is 5.41 Å². The van der Waals surface area contributed by atoms with Crippen LogP contribution in [0.15, 0.2) is 23.1 Å². The van der Waals surface area contributed by atoms with Crippen LogP contribution in [0.3, 0.4) is 0 Å². The summed E-state index contributed by atoms with van der Waals surface area (Å²) in [6.07, 6.45) is 0.759. The van der Waals surface area contributed by atoms with Crippen molar-refractivity contribution in [3.8, 4) is 0 Å². The summed E-state index contributed by atoms with van der Waals surface area (Å²) >= 11 is 5.78. The Balaban J connectivity index is 2.77. The second-order valence-electron chi connectivity index (χ2n) is 5.41. The van der Waals surface area contributed by atoms with Crippen molar-refractivity contribution < 1.29 is 13.2 Å². The molecule has 0 aliphatic rings. The molecule has 0 aliphatic heterocycles. The predicted octanol–water partition coefficient (Wildman–Crippen LogP) is 2.26. The van der Waals surface area contributed by atoms with E-state index in [0.29, 0.717) is 18.2 Å². The molecule has 1 aromatic carbocycles. The van der Waals surface area contributed by atoms with Crippen molar-refractivity contribution in [3.05, 3.63) is 23.2 Å². The molecule has 0 bridgehead atoms. The lowest BCUT2D eigenvalue weighted by Gasteiger charge is -2.24. The minimum Gasteiger partial charge on any atom is -0.397 e. The number of nitrogen functional groups attached to an aromatic ring is 1. The Kier molecular flexibility index (Phi) is 5.82. The monoisotopic (exact) mass is 320 g/mol. The van der Waals surface area contributed by atoms with Crippen LogP contribution >= 0.6 is 11.6 Å². The Morgan fingerprint density at radius 3 is 2.60 bits per heavy atom. The smallest absolute Gasteiger partial charge is 0.240 e. The van der Waals surface area contributed by atoms with Gasteiger partial charge in [-0.15, -0.1) is 0 Å².